The third-order valence-electron chi connectivity index (χ3n) is 5.81. The Morgan fingerprint density at radius 2 is 1.66 bits per heavy atom. The van der Waals surface area contributed by atoms with Crippen molar-refractivity contribution in [3.63, 3.8) is 0 Å². The summed E-state index contributed by atoms with van der Waals surface area (Å²) in [6.45, 7) is 9.85. The van der Waals surface area contributed by atoms with Gasteiger partial charge in [0.05, 0.1) is 0 Å². The van der Waals surface area contributed by atoms with Gasteiger partial charge in [0.15, 0.2) is 11.6 Å². The Morgan fingerprint density at radius 1 is 1.03 bits per heavy atom. The number of nitrogens with one attached hydrogen (secondary N) is 1. The lowest BCUT2D eigenvalue weighted by Gasteiger charge is -2.35. The van der Waals surface area contributed by atoms with Crippen molar-refractivity contribution < 1.29 is 9.63 Å². The average molecular weight is 392 g/mol. The molecule has 152 valence electrons. The van der Waals surface area contributed by atoms with Crippen LogP contribution in [0.2, 0.25) is 0 Å². The van der Waals surface area contributed by atoms with Crippen LogP contribution in [0.4, 0.5) is 0 Å². The third-order valence-corrected chi connectivity index (χ3v) is 5.81. The number of hydrogen-bond donors (Lipinski definition) is 1. The molecule has 0 aliphatic carbocycles. The predicted molar refractivity (Wildman–Crippen MR) is 115 cm³/mol. The number of carbonyl (C=O) groups excluding carboxylic acids is 1. The molecule has 2 aromatic carbocycles. The van der Waals surface area contributed by atoms with Gasteiger partial charge in [-0.1, -0.05) is 62.7 Å². The van der Waals surface area contributed by atoms with Gasteiger partial charge in [0, 0.05) is 37.1 Å². The number of benzene rings is 2. The van der Waals surface area contributed by atoms with E-state index in [0.717, 1.165) is 17.0 Å². The molecule has 0 atom stereocenters. The summed E-state index contributed by atoms with van der Waals surface area (Å²) in [5, 5.41) is 0. The maximum atomic E-state index is 12.9. The molecule has 2 aromatic rings. The molecule has 5 nitrogen and oxygen atoms in total. The number of nitrogens with zero attached hydrogens (tertiary/aromatic N) is 2. The molecule has 0 saturated carbocycles. The molecule has 1 saturated heterocycles. The van der Waals surface area contributed by atoms with Crippen LogP contribution >= 0.6 is 0 Å². The number of aryl methyl sites for hydroxylation is 1. The van der Waals surface area contributed by atoms with E-state index in [0.29, 0.717) is 25.9 Å². The zero-order chi connectivity index (χ0) is 20.6. The van der Waals surface area contributed by atoms with Gasteiger partial charge in [0.25, 0.3) is 5.91 Å². The fourth-order valence-electron chi connectivity index (χ4n) is 3.80. The Hall–Kier alpha value is -2.66. The monoisotopic (exact) mass is 391 g/mol. The van der Waals surface area contributed by atoms with Crippen LogP contribution in [0.25, 0.3) is 0 Å². The first-order valence-electron chi connectivity index (χ1n) is 10.3. The molecule has 5 heteroatoms. The van der Waals surface area contributed by atoms with Crippen molar-refractivity contribution in [2.45, 2.75) is 51.7 Å². The molecule has 29 heavy (non-hydrogen) atoms. The molecular weight excluding hydrogens is 362 g/mol. The van der Waals surface area contributed by atoms with Gasteiger partial charge in [-0.3, -0.25) is 4.79 Å². The summed E-state index contributed by atoms with van der Waals surface area (Å²) in [6.07, 6.45) is 1.36. The Kier molecular flexibility index (Phi) is 4.95. The van der Waals surface area contributed by atoms with Gasteiger partial charge in [0.1, 0.15) is 0 Å². The van der Waals surface area contributed by atoms with Gasteiger partial charge in [-0.15, -0.1) is 0 Å². The Labute approximate surface area is 172 Å². The topological polar surface area (TPSA) is 53.9 Å². The second kappa shape index (κ2) is 7.30. The summed E-state index contributed by atoms with van der Waals surface area (Å²) in [5.41, 5.74) is 6.70. The largest absolute Gasteiger partial charge is 0.338 e. The molecular formula is C24H29N3O2. The van der Waals surface area contributed by atoms with E-state index in [1.165, 1.54) is 11.1 Å². The second-order valence-corrected chi connectivity index (χ2v) is 9.10. The van der Waals surface area contributed by atoms with Crippen molar-refractivity contribution in [3.05, 3.63) is 70.8 Å². The van der Waals surface area contributed by atoms with Gasteiger partial charge in [-0.2, -0.15) is 0 Å². The van der Waals surface area contributed by atoms with Crippen LogP contribution in [0.15, 0.2) is 53.5 Å². The highest BCUT2D eigenvalue weighted by atomic mass is 16.7. The quantitative estimate of drug-likeness (QED) is 0.834. The molecule has 2 heterocycles. The number of amidine groups is 1. The van der Waals surface area contributed by atoms with E-state index in [2.05, 4.69) is 57.4 Å². The molecule has 2 aliphatic heterocycles. The van der Waals surface area contributed by atoms with Crippen molar-refractivity contribution in [1.29, 1.82) is 0 Å². The van der Waals surface area contributed by atoms with Crippen LogP contribution in [-0.2, 0) is 10.3 Å². The van der Waals surface area contributed by atoms with E-state index in [4.69, 9.17) is 9.83 Å². The summed E-state index contributed by atoms with van der Waals surface area (Å²) in [6, 6.07) is 16.2. The first-order chi connectivity index (χ1) is 13.8. The summed E-state index contributed by atoms with van der Waals surface area (Å²) < 4.78 is 0. The first-order valence-corrected chi connectivity index (χ1v) is 10.3. The van der Waals surface area contributed by atoms with Crippen molar-refractivity contribution >= 4 is 11.7 Å². The average Bonchev–Trinajstić information content (AvgIpc) is 3.11. The number of rotatable bonds is 2. The minimum absolute atomic E-state index is 0.0778. The van der Waals surface area contributed by atoms with Crippen LogP contribution in [0.5, 0.6) is 0 Å². The summed E-state index contributed by atoms with van der Waals surface area (Å²) in [7, 11) is 0. The van der Waals surface area contributed by atoms with Crippen molar-refractivity contribution in [2.24, 2.45) is 4.99 Å². The molecule has 0 aromatic heterocycles. The first kappa shape index (κ1) is 19.6. The van der Waals surface area contributed by atoms with Crippen LogP contribution in [0, 0.1) is 6.92 Å². The fourth-order valence-corrected chi connectivity index (χ4v) is 3.80. The van der Waals surface area contributed by atoms with Crippen molar-refractivity contribution in [1.82, 2.24) is 10.4 Å². The van der Waals surface area contributed by atoms with E-state index in [1.807, 2.05) is 29.2 Å². The van der Waals surface area contributed by atoms with E-state index < -0.39 is 5.72 Å². The molecule has 0 unspecified atom stereocenters. The fraction of sp³-hybridized carbons (Fsp3) is 0.417. The number of aliphatic imine (C=N–C) groups is 1. The molecule has 1 spiro atoms. The maximum Gasteiger partial charge on any atom is 0.253 e. The number of hydrogen-bond acceptors (Lipinski definition) is 4. The molecule has 4 rings (SSSR count). The normalized spacial score (nSPS) is 18.5. The number of hydroxylamine groups is 1. The predicted octanol–water partition coefficient (Wildman–Crippen LogP) is 4.21. The van der Waals surface area contributed by atoms with Crippen molar-refractivity contribution in [3.8, 4) is 0 Å². The van der Waals surface area contributed by atoms with Gasteiger partial charge in [0.2, 0.25) is 0 Å². The Bertz CT molecular complexity index is 916. The van der Waals surface area contributed by atoms with Crippen molar-refractivity contribution in [2.75, 3.05) is 13.1 Å². The van der Waals surface area contributed by atoms with E-state index in [-0.39, 0.29) is 11.3 Å². The highest BCUT2D eigenvalue weighted by Gasteiger charge is 2.41. The smallest absolute Gasteiger partial charge is 0.253 e. The van der Waals surface area contributed by atoms with Gasteiger partial charge >= 0.3 is 0 Å². The van der Waals surface area contributed by atoms with E-state index >= 15 is 0 Å². The summed E-state index contributed by atoms with van der Waals surface area (Å²) >= 11 is 0. The molecule has 1 N–H and O–H groups in total. The summed E-state index contributed by atoms with van der Waals surface area (Å²) in [4.78, 5) is 25.5. The lowest BCUT2D eigenvalue weighted by molar-refractivity contribution is -0.0849. The van der Waals surface area contributed by atoms with Gasteiger partial charge in [-0.05, 0) is 30.0 Å². The highest BCUT2D eigenvalue weighted by Crippen LogP contribution is 2.32. The Balaban J connectivity index is 1.41. The zero-order valence-corrected chi connectivity index (χ0v) is 17.7. The van der Waals surface area contributed by atoms with Crippen LogP contribution in [0.1, 0.15) is 60.7 Å². The third kappa shape index (κ3) is 4.06. The molecule has 0 radical (unpaired) electrons. The SMILES string of the molecule is Cc1ccc(C2=NC3(CCN(C(=O)c4ccc(C(C)(C)C)cc4)CC3)ON2)cc1. The molecule has 0 bridgehead atoms. The second-order valence-electron chi connectivity index (χ2n) is 9.10. The minimum atomic E-state index is -0.576. The minimum Gasteiger partial charge on any atom is -0.338 e. The molecule has 1 amide bonds. The van der Waals surface area contributed by atoms with E-state index in [9.17, 15) is 4.79 Å². The highest BCUT2D eigenvalue weighted by molar-refractivity contribution is 5.99. The molecule has 1 fully saturated rings. The Morgan fingerprint density at radius 3 is 2.24 bits per heavy atom. The summed E-state index contributed by atoms with van der Waals surface area (Å²) in [5.74, 6) is 0.844. The van der Waals surface area contributed by atoms with Crippen LogP contribution < -0.4 is 5.48 Å². The van der Waals surface area contributed by atoms with Gasteiger partial charge < -0.3 is 4.90 Å². The van der Waals surface area contributed by atoms with E-state index in [1.54, 1.807) is 0 Å². The lowest BCUT2D eigenvalue weighted by atomic mass is 9.86. The number of piperidine rings is 1. The number of likely N-dealkylation sites (tertiary alicyclic amines) is 1. The van der Waals surface area contributed by atoms with Gasteiger partial charge in [-0.25, -0.2) is 15.3 Å². The lowest BCUT2D eigenvalue weighted by Crippen LogP contribution is -2.46. The van der Waals surface area contributed by atoms with Crippen LogP contribution in [-0.4, -0.2) is 35.5 Å². The molecule has 2 aliphatic rings. The van der Waals surface area contributed by atoms with Crippen LogP contribution in [0.3, 0.4) is 0 Å². The zero-order valence-electron chi connectivity index (χ0n) is 17.7. The number of amides is 1. The number of carbonyl (C=O) groups is 1. The maximum absolute atomic E-state index is 12.9. The standard InChI is InChI=1S/C24H29N3O2/c1-17-5-7-18(8-6-17)21-25-24(29-26-21)13-15-27(16-14-24)22(28)19-9-11-20(12-10-19)23(2,3)4/h5-12H,13-16H2,1-4H3,(H,25,26).